The van der Waals surface area contributed by atoms with Crippen molar-refractivity contribution in [1.29, 1.82) is 0 Å². The Hall–Kier alpha value is -1.10. The number of fused-ring (bicyclic) bond motifs is 1. The average Bonchev–Trinajstić information content (AvgIpc) is 3.05. The molecule has 2 aromatic rings. The first-order valence-electron chi connectivity index (χ1n) is 9.08. The number of anilines is 1. The molecule has 124 valence electrons. The lowest BCUT2D eigenvalue weighted by atomic mass is 10.0. The second-order valence-corrected chi connectivity index (χ2v) is 7.95. The molecule has 0 radical (unpaired) electrons. The van der Waals surface area contributed by atoms with Crippen molar-refractivity contribution < 1.29 is 0 Å². The third-order valence-electron chi connectivity index (χ3n) is 5.30. The van der Waals surface area contributed by atoms with Crippen LogP contribution in [0.4, 0.5) is 5.00 Å². The fourth-order valence-electron chi connectivity index (χ4n) is 3.82. The minimum absolute atomic E-state index is 0.768. The van der Waals surface area contributed by atoms with E-state index in [4.69, 9.17) is 0 Å². The number of nitrogens with zero attached hydrogens (tertiary/aromatic N) is 2. The zero-order valence-electron chi connectivity index (χ0n) is 13.8. The summed E-state index contributed by atoms with van der Waals surface area (Å²) in [6.45, 7) is 7.25. The van der Waals surface area contributed by atoms with Gasteiger partial charge in [0.1, 0.15) is 0 Å². The predicted molar refractivity (Wildman–Crippen MR) is 101 cm³/mol. The van der Waals surface area contributed by atoms with Crippen LogP contribution in [0.1, 0.15) is 25.7 Å². The summed E-state index contributed by atoms with van der Waals surface area (Å²) in [7, 11) is 0. The maximum absolute atomic E-state index is 3.67. The standard InChI is InChI=1S/C19H27N3S/c1-2-7-18-16(5-1)15-19(23-18)22-13-11-21(12-14-22)10-8-17-6-3-4-9-20-17/h1-2,5,7,15,17,20H,3-4,6,8-14H2/t17-/m0/s1. The molecule has 0 saturated carbocycles. The lowest BCUT2D eigenvalue weighted by molar-refractivity contribution is 0.235. The van der Waals surface area contributed by atoms with E-state index in [1.54, 1.807) is 0 Å². The van der Waals surface area contributed by atoms with E-state index >= 15 is 0 Å². The molecule has 1 aromatic carbocycles. The number of hydrogen-bond donors (Lipinski definition) is 1. The number of rotatable bonds is 4. The molecule has 0 unspecified atom stereocenters. The molecule has 0 aliphatic carbocycles. The Kier molecular flexibility index (Phi) is 4.83. The highest BCUT2D eigenvalue weighted by molar-refractivity contribution is 7.22. The Morgan fingerprint density at radius 1 is 1.09 bits per heavy atom. The van der Waals surface area contributed by atoms with Gasteiger partial charge in [0.2, 0.25) is 0 Å². The molecular weight excluding hydrogens is 302 g/mol. The summed E-state index contributed by atoms with van der Waals surface area (Å²) in [5, 5.41) is 6.50. The van der Waals surface area contributed by atoms with Gasteiger partial charge in [0.15, 0.2) is 0 Å². The second kappa shape index (κ2) is 7.20. The summed E-state index contributed by atoms with van der Waals surface area (Å²) >= 11 is 1.94. The van der Waals surface area contributed by atoms with Crippen molar-refractivity contribution in [2.75, 3.05) is 44.2 Å². The molecule has 0 bridgehead atoms. The number of hydrogen-bond acceptors (Lipinski definition) is 4. The van der Waals surface area contributed by atoms with Crippen LogP contribution in [0.25, 0.3) is 10.1 Å². The SMILES string of the molecule is c1ccc2sc(N3CCN(CC[C@@H]4CCCCN4)CC3)cc2c1. The van der Waals surface area contributed by atoms with Crippen LogP contribution in [0, 0.1) is 0 Å². The maximum Gasteiger partial charge on any atom is 0.0921 e. The molecular formula is C19H27N3S. The van der Waals surface area contributed by atoms with Crippen LogP contribution in [0.5, 0.6) is 0 Å². The first kappa shape index (κ1) is 15.4. The number of benzene rings is 1. The average molecular weight is 330 g/mol. The van der Waals surface area contributed by atoms with Gasteiger partial charge >= 0.3 is 0 Å². The smallest absolute Gasteiger partial charge is 0.0921 e. The van der Waals surface area contributed by atoms with Crippen LogP contribution in [0.2, 0.25) is 0 Å². The first-order chi connectivity index (χ1) is 11.4. The van der Waals surface area contributed by atoms with E-state index in [9.17, 15) is 0 Å². The largest absolute Gasteiger partial charge is 0.361 e. The van der Waals surface area contributed by atoms with Crippen molar-refractivity contribution >= 4 is 26.4 Å². The van der Waals surface area contributed by atoms with Crippen LogP contribution in [-0.4, -0.2) is 50.2 Å². The lowest BCUT2D eigenvalue weighted by Gasteiger charge is -2.36. The van der Waals surface area contributed by atoms with E-state index in [0.29, 0.717) is 0 Å². The van der Waals surface area contributed by atoms with Gasteiger partial charge in [0.05, 0.1) is 5.00 Å². The van der Waals surface area contributed by atoms with E-state index in [2.05, 4.69) is 45.4 Å². The lowest BCUT2D eigenvalue weighted by Crippen LogP contribution is -2.47. The zero-order chi connectivity index (χ0) is 15.5. The summed E-state index contributed by atoms with van der Waals surface area (Å²) in [4.78, 5) is 5.22. The Labute approximate surface area is 143 Å². The highest BCUT2D eigenvalue weighted by Gasteiger charge is 2.20. The Morgan fingerprint density at radius 3 is 2.74 bits per heavy atom. The monoisotopic (exact) mass is 329 g/mol. The summed E-state index contributed by atoms with van der Waals surface area (Å²) in [6.07, 6.45) is 5.48. The minimum Gasteiger partial charge on any atom is -0.361 e. The van der Waals surface area contributed by atoms with Gasteiger partial charge in [-0.1, -0.05) is 24.6 Å². The van der Waals surface area contributed by atoms with Crippen molar-refractivity contribution in [3.8, 4) is 0 Å². The predicted octanol–water partition coefficient (Wildman–Crippen LogP) is 3.56. The van der Waals surface area contributed by atoms with Gasteiger partial charge in [-0.05, 0) is 49.9 Å². The van der Waals surface area contributed by atoms with Crippen molar-refractivity contribution in [2.45, 2.75) is 31.7 Å². The van der Waals surface area contributed by atoms with Gasteiger partial charge in [-0.15, -0.1) is 11.3 Å². The molecule has 23 heavy (non-hydrogen) atoms. The van der Waals surface area contributed by atoms with E-state index < -0.39 is 0 Å². The molecule has 0 spiro atoms. The van der Waals surface area contributed by atoms with E-state index in [1.807, 2.05) is 11.3 Å². The maximum atomic E-state index is 3.67. The molecule has 1 aromatic heterocycles. The van der Waals surface area contributed by atoms with Crippen molar-refractivity contribution in [3.05, 3.63) is 30.3 Å². The van der Waals surface area contributed by atoms with Crippen LogP contribution < -0.4 is 10.2 Å². The van der Waals surface area contributed by atoms with Crippen molar-refractivity contribution in [2.24, 2.45) is 0 Å². The molecule has 1 N–H and O–H groups in total. The van der Waals surface area contributed by atoms with Crippen LogP contribution >= 0.6 is 11.3 Å². The Morgan fingerprint density at radius 2 is 1.96 bits per heavy atom. The molecule has 2 aliphatic rings. The summed E-state index contributed by atoms with van der Waals surface area (Å²) in [6, 6.07) is 11.9. The molecule has 2 aliphatic heterocycles. The number of thiophene rings is 1. The van der Waals surface area contributed by atoms with Gasteiger partial charge in [0.25, 0.3) is 0 Å². The number of piperidine rings is 1. The third kappa shape index (κ3) is 3.70. The van der Waals surface area contributed by atoms with Gasteiger partial charge in [-0.25, -0.2) is 0 Å². The van der Waals surface area contributed by atoms with Gasteiger partial charge in [-0.3, -0.25) is 4.90 Å². The van der Waals surface area contributed by atoms with Crippen LogP contribution in [-0.2, 0) is 0 Å². The van der Waals surface area contributed by atoms with Gasteiger partial charge < -0.3 is 10.2 Å². The van der Waals surface area contributed by atoms with Crippen molar-refractivity contribution in [3.63, 3.8) is 0 Å². The Bertz CT molecular complexity index is 591. The second-order valence-electron chi connectivity index (χ2n) is 6.89. The molecule has 4 heteroatoms. The van der Waals surface area contributed by atoms with E-state index in [1.165, 1.54) is 80.0 Å². The third-order valence-corrected chi connectivity index (χ3v) is 6.48. The minimum atomic E-state index is 0.768. The summed E-state index contributed by atoms with van der Waals surface area (Å²) < 4.78 is 1.41. The Balaban J connectivity index is 1.28. The molecule has 3 heterocycles. The molecule has 2 fully saturated rings. The van der Waals surface area contributed by atoms with E-state index in [-0.39, 0.29) is 0 Å². The first-order valence-corrected chi connectivity index (χ1v) is 9.89. The number of nitrogens with one attached hydrogen (secondary N) is 1. The highest BCUT2D eigenvalue weighted by atomic mass is 32.1. The highest BCUT2D eigenvalue weighted by Crippen LogP contribution is 2.32. The number of piperazine rings is 1. The molecule has 3 nitrogen and oxygen atoms in total. The van der Waals surface area contributed by atoms with E-state index in [0.717, 1.165) is 6.04 Å². The normalized spacial score (nSPS) is 23.5. The molecule has 2 saturated heterocycles. The topological polar surface area (TPSA) is 18.5 Å². The zero-order valence-corrected chi connectivity index (χ0v) is 14.7. The fourth-order valence-corrected chi connectivity index (χ4v) is 4.94. The van der Waals surface area contributed by atoms with Gasteiger partial charge in [0, 0.05) is 36.9 Å². The molecule has 0 amide bonds. The molecule has 4 rings (SSSR count). The van der Waals surface area contributed by atoms with Crippen LogP contribution in [0.15, 0.2) is 30.3 Å². The molecule has 1 atom stereocenters. The summed E-state index contributed by atoms with van der Waals surface area (Å²) in [5.41, 5.74) is 0. The van der Waals surface area contributed by atoms with Crippen molar-refractivity contribution in [1.82, 2.24) is 10.2 Å². The van der Waals surface area contributed by atoms with Gasteiger partial charge in [-0.2, -0.15) is 0 Å². The fraction of sp³-hybridized carbons (Fsp3) is 0.579. The summed E-state index contributed by atoms with van der Waals surface area (Å²) in [5.74, 6) is 0. The van der Waals surface area contributed by atoms with Crippen LogP contribution in [0.3, 0.4) is 0 Å². The quantitative estimate of drug-likeness (QED) is 0.925.